The Bertz CT molecular complexity index is 1210. The van der Waals surface area contributed by atoms with Crippen LogP contribution in [0.4, 0.5) is 13.6 Å². The number of fused-ring (bicyclic) bond motifs is 1. The van der Waals surface area contributed by atoms with Gasteiger partial charge in [0.05, 0.1) is 5.52 Å². The summed E-state index contributed by atoms with van der Waals surface area (Å²) in [5.74, 6) is -0.583. The van der Waals surface area contributed by atoms with E-state index in [0.29, 0.717) is 35.5 Å². The zero-order valence-corrected chi connectivity index (χ0v) is 20.2. The van der Waals surface area contributed by atoms with Gasteiger partial charge in [-0.3, -0.25) is 4.79 Å². The standard InChI is InChI=1S/C27H31F2N3O3/c1-27(2,3)35-26(34)31-15-17-8-7-16(13-17)14-30-25(33)24-22(18-9-11-19(28)12-10-18)20-5-4-6-21(29)23(20)32-24/h4-6,9-12,16-17,32H,7-8,13-15H2,1-3H3,(H,30,33)(H,31,34)/t16-,17+/m0/s1. The Hall–Kier alpha value is -3.42. The van der Waals surface area contributed by atoms with Gasteiger partial charge in [0.25, 0.3) is 5.91 Å². The average Bonchev–Trinajstić information content (AvgIpc) is 3.41. The van der Waals surface area contributed by atoms with Crippen molar-refractivity contribution in [1.29, 1.82) is 0 Å². The van der Waals surface area contributed by atoms with Gasteiger partial charge in [0, 0.05) is 24.0 Å². The van der Waals surface area contributed by atoms with E-state index in [4.69, 9.17) is 4.74 Å². The number of hydrogen-bond acceptors (Lipinski definition) is 3. The van der Waals surface area contributed by atoms with E-state index in [1.54, 1.807) is 24.3 Å². The first-order valence-electron chi connectivity index (χ1n) is 11.9. The van der Waals surface area contributed by atoms with Gasteiger partial charge in [-0.15, -0.1) is 0 Å². The number of benzene rings is 2. The molecule has 0 spiro atoms. The van der Waals surface area contributed by atoms with Crippen LogP contribution in [0, 0.1) is 23.5 Å². The third-order valence-electron chi connectivity index (χ3n) is 6.28. The number of rotatable bonds is 6. The van der Waals surface area contributed by atoms with Gasteiger partial charge >= 0.3 is 6.09 Å². The molecule has 0 radical (unpaired) electrons. The molecule has 1 aliphatic rings. The second-order valence-corrected chi connectivity index (χ2v) is 10.2. The smallest absolute Gasteiger partial charge is 0.407 e. The number of carbonyl (C=O) groups excluding carboxylic acids is 2. The Balaban J connectivity index is 1.41. The normalized spacial score (nSPS) is 18.0. The molecule has 4 rings (SSSR count). The fourth-order valence-corrected chi connectivity index (χ4v) is 4.68. The molecule has 1 fully saturated rings. The molecule has 0 aliphatic heterocycles. The Kier molecular flexibility index (Phi) is 7.10. The molecular weight excluding hydrogens is 452 g/mol. The first kappa shape index (κ1) is 24.7. The summed E-state index contributed by atoms with van der Waals surface area (Å²) in [6.45, 7) is 6.48. The number of halogens is 2. The highest BCUT2D eigenvalue weighted by Crippen LogP contribution is 2.34. The number of H-pyrrole nitrogens is 1. The lowest BCUT2D eigenvalue weighted by Crippen LogP contribution is -2.35. The molecule has 6 nitrogen and oxygen atoms in total. The molecule has 35 heavy (non-hydrogen) atoms. The maximum absolute atomic E-state index is 14.5. The maximum Gasteiger partial charge on any atom is 0.407 e. The highest BCUT2D eigenvalue weighted by molar-refractivity contribution is 6.09. The second-order valence-electron chi connectivity index (χ2n) is 10.2. The van der Waals surface area contributed by atoms with E-state index in [0.717, 1.165) is 19.3 Å². The van der Waals surface area contributed by atoms with Crippen LogP contribution in [0.1, 0.15) is 50.5 Å². The van der Waals surface area contributed by atoms with E-state index >= 15 is 0 Å². The molecule has 0 unspecified atom stereocenters. The van der Waals surface area contributed by atoms with E-state index in [1.807, 2.05) is 20.8 Å². The van der Waals surface area contributed by atoms with Gasteiger partial charge in [0.2, 0.25) is 0 Å². The fraction of sp³-hybridized carbons (Fsp3) is 0.407. The van der Waals surface area contributed by atoms with Crippen molar-refractivity contribution in [2.75, 3.05) is 13.1 Å². The van der Waals surface area contributed by atoms with Crippen LogP contribution in [0.15, 0.2) is 42.5 Å². The van der Waals surface area contributed by atoms with Crippen molar-refractivity contribution in [3.05, 3.63) is 59.8 Å². The van der Waals surface area contributed by atoms with Crippen LogP contribution < -0.4 is 10.6 Å². The van der Waals surface area contributed by atoms with Gasteiger partial charge < -0.3 is 20.4 Å². The summed E-state index contributed by atoms with van der Waals surface area (Å²) in [5, 5.41) is 6.37. The van der Waals surface area contributed by atoms with E-state index in [2.05, 4.69) is 15.6 Å². The third-order valence-corrected chi connectivity index (χ3v) is 6.28. The monoisotopic (exact) mass is 483 g/mol. The minimum Gasteiger partial charge on any atom is -0.444 e. The van der Waals surface area contributed by atoms with Crippen LogP contribution in [0.2, 0.25) is 0 Å². The summed E-state index contributed by atoms with van der Waals surface area (Å²) >= 11 is 0. The molecule has 0 saturated heterocycles. The van der Waals surface area contributed by atoms with Crippen LogP contribution in [0.5, 0.6) is 0 Å². The minimum atomic E-state index is -0.537. The van der Waals surface area contributed by atoms with E-state index < -0.39 is 17.5 Å². The fourth-order valence-electron chi connectivity index (χ4n) is 4.68. The molecule has 1 aliphatic carbocycles. The predicted molar refractivity (Wildman–Crippen MR) is 131 cm³/mol. The van der Waals surface area contributed by atoms with Gasteiger partial charge in [0.1, 0.15) is 22.9 Å². The molecule has 8 heteroatoms. The second kappa shape index (κ2) is 10.1. The summed E-state index contributed by atoms with van der Waals surface area (Å²) in [6, 6.07) is 10.5. The maximum atomic E-state index is 14.5. The zero-order valence-electron chi connectivity index (χ0n) is 20.2. The minimum absolute atomic E-state index is 0.242. The number of para-hydroxylation sites is 1. The first-order valence-corrected chi connectivity index (χ1v) is 11.9. The number of carbonyl (C=O) groups is 2. The van der Waals surface area contributed by atoms with Crippen molar-refractivity contribution in [3.8, 4) is 11.1 Å². The summed E-state index contributed by atoms with van der Waals surface area (Å²) in [4.78, 5) is 28.0. The van der Waals surface area contributed by atoms with Crippen molar-refractivity contribution >= 4 is 22.9 Å². The lowest BCUT2D eigenvalue weighted by molar-refractivity contribution is 0.0519. The van der Waals surface area contributed by atoms with Crippen LogP contribution in [0.25, 0.3) is 22.0 Å². The number of ether oxygens (including phenoxy) is 1. The molecule has 0 bridgehead atoms. The molecule has 2 amide bonds. The molecule has 2 atom stereocenters. The molecule has 1 aromatic heterocycles. The predicted octanol–water partition coefficient (Wildman–Crippen LogP) is 5.78. The molecule has 2 aromatic carbocycles. The largest absolute Gasteiger partial charge is 0.444 e. The van der Waals surface area contributed by atoms with Crippen molar-refractivity contribution in [1.82, 2.24) is 15.6 Å². The van der Waals surface area contributed by atoms with Gasteiger partial charge in [0.15, 0.2) is 0 Å². The summed E-state index contributed by atoms with van der Waals surface area (Å²) in [5.41, 5.74) is 1.12. The van der Waals surface area contributed by atoms with E-state index in [-0.39, 0.29) is 28.9 Å². The summed E-state index contributed by atoms with van der Waals surface area (Å²) in [7, 11) is 0. The van der Waals surface area contributed by atoms with Gasteiger partial charge in [-0.25, -0.2) is 13.6 Å². The Morgan fingerprint density at radius 3 is 2.31 bits per heavy atom. The number of aromatic amines is 1. The van der Waals surface area contributed by atoms with Crippen LogP contribution >= 0.6 is 0 Å². The Morgan fingerprint density at radius 1 is 1.00 bits per heavy atom. The van der Waals surface area contributed by atoms with Crippen molar-refractivity contribution in [3.63, 3.8) is 0 Å². The molecule has 186 valence electrons. The van der Waals surface area contributed by atoms with Gasteiger partial charge in [-0.2, -0.15) is 0 Å². The number of alkyl carbamates (subject to hydrolysis) is 1. The molecule has 1 saturated carbocycles. The summed E-state index contributed by atoms with van der Waals surface area (Å²) < 4.78 is 33.2. The molecular formula is C27H31F2N3O3. The van der Waals surface area contributed by atoms with Crippen molar-refractivity contribution in [2.24, 2.45) is 11.8 Å². The first-order chi connectivity index (χ1) is 16.6. The Labute approximate surface area is 203 Å². The summed E-state index contributed by atoms with van der Waals surface area (Å²) in [6.07, 6.45) is 2.35. The molecule has 1 heterocycles. The Morgan fingerprint density at radius 2 is 1.66 bits per heavy atom. The molecule has 3 N–H and O–H groups in total. The highest BCUT2D eigenvalue weighted by Gasteiger charge is 2.27. The topological polar surface area (TPSA) is 83.2 Å². The SMILES string of the molecule is CC(C)(C)OC(=O)NC[C@@H]1CC[C@H](CNC(=O)c2[nH]c3c(F)cccc3c2-c2ccc(F)cc2)C1. The van der Waals surface area contributed by atoms with Crippen LogP contribution in [-0.2, 0) is 4.74 Å². The molecule has 3 aromatic rings. The van der Waals surface area contributed by atoms with Crippen molar-refractivity contribution in [2.45, 2.75) is 45.6 Å². The van der Waals surface area contributed by atoms with E-state index in [9.17, 15) is 18.4 Å². The van der Waals surface area contributed by atoms with Gasteiger partial charge in [-0.05, 0) is 75.6 Å². The average molecular weight is 484 g/mol. The van der Waals surface area contributed by atoms with Crippen molar-refractivity contribution < 1.29 is 23.1 Å². The van der Waals surface area contributed by atoms with Crippen LogP contribution in [0.3, 0.4) is 0 Å². The quantitative estimate of drug-likeness (QED) is 0.415. The van der Waals surface area contributed by atoms with Crippen LogP contribution in [-0.4, -0.2) is 35.7 Å². The van der Waals surface area contributed by atoms with Gasteiger partial charge in [-0.1, -0.05) is 24.3 Å². The number of amides is 2. The number of aromatic nitrogens is 1. The number of nitrogens with one attached hydrogen (secondary N) is 3. The highest BCUT2D eigenvalue weighted by atomic mass is 19.1. The lowest BCUT2D eigenvalue weighted by atomic mass is 10.0. The zero-order chi connectivity index (χ0) is 25.2. The van der Waals surface area contributed by atoms with E-state index in [1.165, 1.54) is 18.2 Å². The number of hydrogen-bond donors (Lipinski definition) is 3. The lowest BCUT2D eigenvalue weighted by Gasteiger charge is -2.20. The third kappa shape index (κ3) is 5.99.